The van der Waals surface area contributed by atoms with Crippen LogP contribution in [0.3, 0.4) is 0 Å². The summed E-state index contributed by atoms with van der Waals surface area (Å²) in [5.41, 5.74) is -0.567. The maximum atomic E-state index is 12.1. The molecule has 0 fully saturated rings. The average molecular weight is 270 g/mol. The van der Waals surface area contributed by atoms with Gasteiger partial charge in [0.15, 0.2) is 0 Å². The minimum absolute atomic E-state index is 0.0491. The van der Waals surface area contributed by atoms with Crippen molar-refractivity contribution in [2.24, 2.45) is 0 Å². The Bertz CT molecular complexity index is 360. The summed E-state index contributed by atoms with van der Waals surface area (Å²) in [4.78, 5) is 24.7. The summed E-state index contributed by atoms with van der Waals surface area (Å²) < 4.78 is 9.84. The van der Waals surface area contributed by atoms with Gasteiger partial charge >= 0.3 is 12.2 Å². The minimum Gasteiger partial charge on any atom is -0.453 e. The summed E-state index contributed by atoms with van der Waals surface area (Å²) in [7, 11) is 1.28. The van der Waals surface area contributed by atoms with E-state index in [1.54, 1.807) is 20.8 Å². The molecule has 6 heteroatoms. The summed E-state index contributed by atoms with van der Waals surface area (Å²) in [6, 6.07) is -0.0491. The molecule has 0 heterocycles. The van der Waals surface area contributed by atoms with Gasteiger partial charge in [-0.25, -0.2) is 9.59 Å². The zero-order valence-corrected chi connectivity index (χ0v) is 11.9. The number of nitrogens with one attached hydrogen (secondary N) is 1. The summed E-state index contributed by atoms with van der Waals surface area (Å²) in [6.45, 7) is 5.49. The van der Waals surface area contributed by atoms with Crippen LogP contribution < -0.4 is 5.32 Å². The number of amides is 2. The van der Waals surface area contributed by atoms with E-state index in [-0.39, 0.29) is 12.7 Å². The van der Waals surface area contributed by atoms with Gasteiger partial charge in [0.25, 0.3) is 0 Å². The second kappa shape index (κ2) is 6.45. The lowest BCUT2D eigenvalue weighted by Crippen LogP contribution is -2.47. The lowest BCUT2D eigenvalue weighted by atomic mass is 10.2. The van der Waals surface area contributed by atoms with Crippen molar-refractivity contribution in [3.63, 3.8) is 0 Å². The summed E-state index contributed by atoms with van der Waals surface area (Å²) >= 11 is 0. The highest BCUT2D eigenvalue weighted by Gasteiger charge is 2.28. The molecule has 0 saturated heterocycles. The Hall–Kier alpha value is -1.72. The maximum Gasteiger partial charge on any atom is 0.412 e. The molecule has 19 heavy (non-hydrogen) atoms. The highest BCUT2D eigenvalue weighted by Crippen LogP contribution is 2.19. The first-order valence-electron chi connectivity index (χ1n) is 6.31. The van der Waals surface area contributed by atoms with Crippen molar-refractivity contribution >= 4 is 12.2 Å². The minimum atomic E-state index is -0.574. The number of allylic oxidation sites excluding steroid dienone is 1. The first kappa shape index (κ1) is 15.3. The van der Waals surface area contributed by atoms with Gasteiger partial charge in [0, 0.05) is 0 Å². The van der Waals surface area contributed by atoms with Crippen LogP contribution in [0, 0.1) is 0 Å². The zero-order chi connectivity index (χ0) is 14.5. The first-order valence-corrected chi connectivity index (χ1v) is 6.31. The van der Waals surface area contributed by atoms with Crippen molar-refractivity contribution in [2.75, 3.05) is 13.8 Å². The first-order chi connectivity index (χ1) is 8.83. The van der Waals surface area contributed by atoms with E-state index in [0.717, 1.165) is 12.8 Å². The zero-order valence-electron chi connectivity index (χ0n) is 11.9. The van der Waals surface area contributed by atoms with Crippen molar-refractivity contribution in [1.82, 2.24) is 10.2 Å². The molecule has 0 saturated carbocycles. The predicted molar refractivity (Wildman–Crippen MR) is 70.6 cm³/mol. The highest BCUT2D eigenvalue weighted by molar-refractivity contribution is 5.71. The Morgan fingerprint density at radius 1 is 1.42 bits per heavy atom. The molecule has 1 aliphatic carbocycles. The van der Waals surface area contributed by atoms with Crippen molar-refractivity contribution in [3.05, 3.63) is 12.2 Å². The van der Waals surface area contributed by atoms with E-state index < -0.39 is 17.8 Å². The van der Waals surface area contributed by atoms with Crippen molar-refractivity contribution < 1.29 is 19.1 Å². The molecule has 0 aromatic heterocycles. The molecule has 0 aromatic carbocycles. The molecule has 0 aromatic rings. The van der Waals surface area contributed by atoms with Crippen LogP contribution in [0.25, 0.3) is 0 Å². The van der Waals surface area contributed by atoms with E-state index in [4.69, 9.17) is 4.74 Å². The van der Waals surface area contributed by atoms with E-state index in [9.17, 15) is 9.59 Å². The fraction of sp³-hybridized carbons (Fsp3) is 0.692. The third-order valence-corrected chi connectivity index (χ3v) is 2.59. The van der Waals surface area contributed by atoms with E-state index in [0.29, 0.717) is 0 Å². The fourth-order valence-corrected chi connectivity index (χ4v) is 1.74. The van der Waals surface area contributed by atoms with Gasteiger partial charge in [0.1, 0.15) is 12.3 Å². The molecule has 0 spiro atoms. The SMILES string of the molecule is COC(=O)NCN(C(=O)OC(C)(C)C)C1C=CCC1. The van der Waals surface area contributed by atoms with Crippen LogP contribution in [0.4, 0.5) is 9.59 Å². The molecule has 1 aliphatic rings. The van der Waals surface area contributed by atoms with Crippen LogP contribution in [-0.2, 0) is 9.47 Å². The van der Waals surface area contributed by atoms with Crippen molar-refractivity contribution in [3.8, 4) is 0 Å². The van der Waals surface area contributed by atoms with Crippen LogP contribution in [0.1, 0.15) is 33.6 Å². The molecule has 2 amide bonds. The van der Waals surface area contributed by atoms with Crippen molar-refractivity contribution in [2.45, 2.75) is 45.3 Å². The Balaban J connectivity index is 2.66. The van der Waals surface area contributed by atoms with Gasteiger partial charge < -0.3 is 14.8 Å². The van der Waals surface area contributed by atoms with E-state index in [1.807, 2.05) is 12.2 Å². The molecule has 1 N–H and O–H groups in total. The number of ether oxygens (including phenoxy) is 2. The number of hydrogen-bond donors (Lipinski definition) is 1. The van der Waals surface area contributed by atoms with Crippen LogP contribution in [0.5, 0.6) is 0 Å². The van der Waals surface area contributed by atoms with Crippen LogP contribution >= 0.6 is 0 Å². The van der Waals surface area contributed by atoms with Gasteiger partial charge in [0.2, 0.25) is 0 Å². The summed E-state index contributed by atoms with van der Waals surface area (Å²) in [5, 5.41) is 2.51. The molecule has 0 radical (unpaired) electrons. The van der Waals surface area contributed by atoms with E-state index in [1.165, 1.54) is 12.0 Å². The Kier molecular flexibility index (Phi) is 5.20. The van der Waals surface area contributed by atoms with E-state index in [2.05, 4.69) is 10.1 Å². The molecule has 6 nitrogen and oxygen atoms in total. The van der Waals surface area contributed by atoms with Crippen LogP contribution in [0.15, 0.2) is 12.2 Å². The largest absolute Gasteiger partial charge is 0.453 e. The number of rotatable bonds is 3. The number of carbonyl (C=O) groups excluding carboxylic acids is 2. The van der Waals surface area contributed by atoms with Crippen LogP contribution in [0.2, 0.25) is 0 Å². The lowest BCUT2D eigenvalue weighted by molar-refractivity contribution is 0.0183. The molecule has 0 bridgehead atoms. The van der Waals surface area contributed by atoms with E-state index >= 15 is 0 Å². The highest BCUT2D eigenvalue weighted by atomic mass is 16.6. The number of hydrogen-bond acceptors (Lipinski definition) is 4. The summed E-state index contributed by atoms with van der Waals surface area (Å²) in [5.74, 6) is 0. The molecular formula is C13H22N2O4. The monoisotopic (exact) mass is 270 g/mol. The van der Waals surface area contributed by atoms with Crippen molar-refractivity contribution in [1.29, 1.82) is 0 Å². The van der Waals surface area contributed by atoms with Gasteiger partial charge in [-0.3, -0.25) is 4.90 Å². The van der Waals surface area contributed by atoms with Gasteiger partial charge in [-0.05, 0) is 33.6 Å². The molecule has 1 rings (SSSR count). The fourth-order valence-electron chi connectivity index (χ4n) is 1.74. The topological polar surface area (TPSA) is 67.9 Å². The number of carbonyl (C=O) groups is 2. The summed E-state index contributed by atoms with van der Waals surface area (Å²) in [6.07, 6.45) is 4.70. The normalized spacial score (nSPS) is 18.0. The third-order valence-electron chi connectivity index (χ3n) is 2.59. The molecule has 108 valence electrons. The van der Waals surface area contributed by atoms with Gasteiger partial charge in [0.05, 0.1) is 13.2 Å². The lowest BCUT2D eigenvalue weighted by Gasteiger charge is -2.30. The second-order valence-corrected chi connectivity index (χ2v) is 5.35. The number of methoxy groups -OCH3 is 1. The predicted octanol–water partition coefficient (Wildman–Crippen LogP) is 2.26. The number of nitrogens with zero attached hydrogens (tertiary/aromatic N) is 1. The standard InChI is InChI=1S/C13H22N2O4/c1-13(2,3)19-12(17)15(9-14-11(16)18-4)10-7-5-6-8-10/h5,7,10H,6,8-9H2,1-4H3,(H,14,16). The maximum absolute atomic E-state index is 12.1. The Morgan fingerprint density at radius 2 is 2.11 bits per heavy atom. The van der Waals surface area contributed by atoms with Crippen LogP contribution in [-0.4, -0.2) is 42.5 Å². The molecule has 0 aliphatic heterocycles. The van der Waals surface area contributed by atoms with Gasteiger partial charge in [-0.1, -0.05) is 12.2 Å². The smallest absolute Gasteiger partial charge is 0.412 e. The molecule has 1 unspecified atom stereocenters. The van der Waals surface area contributed by atoms with Gasteiger partial charge in [-0.15, -0.1) is 0 Å². The molecular weight excluding hydrogens is 248 g/mol. The molecule has 1 atom stereocenters. The Labute approximate surface area is 113 Å². The Morgan fingerprint density at radius 3 is 2.58 bits per heavy atom. The van der Waals surface area contributed by atoms with Gasteiger partial charge in [-0.2, -0.15) is 0 Å². The second-order valence-electron chi connectivity index (χ2n) is 5.35. The quantitative estimate of drug-likeness (QED) is 0.631. The third kappa shape index (κ3) is 5.19. The number of alkyl carbamates (subject to hydrolysis) is 1. The average Bonchev–Trinajstić information content (AvgIpc) is 2.80.